The number of piperidine rings is 1. The Labute approximate surface area is 222 Å². The molecule has 0 aromatic heterocycles. The largest absolute Gasteiger partial charge is 0.489 e. The van der Waals surface area contributed by atoms with Gasteiger partial charge in [-0.2, -0.15) is 0 Å². The summed E-state index contributed by atoms with van der Waals surface area (Å²) >= 11 is 0. The number of nitrogens with one attached hydrogen (secondary N) is 2. The fourth-order valence-electron chi connectivity index (χ4n) is 5.56. The predicted molar refractivity (Wildman–Crippen MR) is 148 cm³/mol. The molecule has 2 aliphatic heterocycles. The van der Waals surface area contributed by atoms with E-state index in [2.05, 4.69) is 51.6 Å². The van der Waals surface area contributed by atoms with Crippen LogP contribution in [0.3, 0.4) is 0 Å². The van der Waals surface area contributed by atoms with Crippen LogP contribution in [-0.4, -0.2) is 80.3 Å². The number of likely N-dealkylation sites (tertiary alicyclic amines) is 2. The van der Waals surface area contributed by atoms with E-state index in [1.807, 2.05) is 30.3 Å². The van der Waals surface area contributed by atoms with Crippen molar-refractivity contribution in [2.75, 3.05) is 46.4 Å². The molecule has 0 saturated carbocycles. The Morgan fingerprint density at radius 3 is 2.49 bits per heavy atom. The average molecular weight is 509 g/mol. The lowest BCUT2D eigenvalue weighted by Gasteiger charge is -2.39. The quantitative estimate of drug-likeness (QED) is 0.404. The smallest absolute Gasteiger partial charge is 0.237 e. The molecule has 2 saturated heterocycles. The van der Waals surface area contributed by atoms with Crippen LogP contribution >= 0.6 is 0 Å². The molecule has 2 aromatic rings. The Balaban J connectivity index is 1.29. The van der Waals surface area contributed by atoms with Gasteiger partial charge in [0.25, 0.3) is 0 Å². The van der Waals surface area contributed by atoms with Crippen molar-refractivity contribution in [3.05, 3.63) is 65.7 Å². The third-order valence-electron chi connectivity index (χ3n) is 7.58. The minimum Gasteiger partial charge on any atom is -0.489 e. The molecular weight excluding hydrogens is 464 g/mol. The summed E-state index contributed by atoms with van der Waals surface area (Å²) in [5.41, 5.74) is 2.38. The number of hydrogen-bond donors (Lipinski definition) is 2. The van der Waals surface area contributed by atoms with E-state index in [0.717, 1.165) is 56.8 Å². The number of rotatable bonds is 13. The van der Waals surface area contributed by atoms with E-state index in [1.54, 1.807) is 7.11 Å². The summed E-state index contributed by atoms with van der Waals surface area (Å²) < 4.78 is 11.1. The van der Waals surface area contributed by atoms with Gasteiger partial charge in [0.05, 0.1) is 12.6 Å². The van der Waals surface area contributed by atoms with E-state index < -0.39 is 0 Å². The fourth-order valence-corrected chi connectivity index (χ4v) is 5.56. The standard InChI is InChI=1S/C30H44N4O3/c1-3-16-33-17-13-27(14-18-33)34-22-26(20-29(34)30(35)31-15-19-36-2)32-21-24-9-11-28(12-10-24)37-23-25-7-5-4-6-8-25/h4-12,26-27,29,32H,3,13-23H2,1-2H3,(H,31,35)/t26-,29+/m1/s1. The van der Waals surface area contributed by atoms with E-state index in [9.17, 15) is 4.79 Å². The van der Waals surface area contributed by atoms with E-state index in [0.29, 0.717) is 31.8 Å². The van der Waals surface area contributed by atoms with Gasteiger partial charge in [-0.05, 0) is 68.6 Å². The predicted octanol–water partition coefficient (Wildman–Crippen LogP) is 3.44. The van der Waals surface area contributed by atoms with E-state index in [1.165, 1.54) is 18.5 Å². The number of methoxy groups -OCH3 is 1. The first-order chi connectivity index (χ1) is 18.2. The zero-order valence-electron chi connectivity index (χ0n) is 22.5. The van der Waals surface area contributed by atoms with Crippen molar-refractivity contribution in [2.45, 2.75) is 63.9 Å². The normalized spacial score (nSPS) is 21.2. The molecule has 0 bridgehead atoms. The minimum atomic E-state index is -0.0779. The zero-order chi connectivity index (χ0) is 25.9. The minimum absolute atomic E-state index is 0.0779. The van der Waals surface area contributed by atoms with Gasteiger partial charge >= 0.3 is 0 Å². The molecule has 2 heterocycles. The highest BCUT2D eigenvalue weighted by Gasteiger charge is 2.40. The second-order valence-corrected chi connectivity index (χ2v) is 10.3. The molecule has 202 valence electrons. The summed E-state index contributed by atoms with van der Waals surface area (Å²) in [7, 11) is 1.67. The number of ether oxygens (including phenoxy) is 2. The first-order valence-corrected chi connectivity index (χ1v) is 13.9. The van der Waals surface area contributed by atoms with Crippen LogP contribution in [0.4, 0.5) is 0 Å². The van der Waals surface area contributed by atoms with Gasteiger partial charge in [0.15, 0.2) is 0 Å². The summed E-state index contributed by atoms with van der Waals surface area (Å²) in [4.78, 5) is 18.1. The lowest BCUT2D eigenvalue weighted by molar-refractivity contribution is -0.126. The lowest BCUT2D eigenvalue weighted by Crippen LogP contribution is -2.51. The number of hydrogen-bond acceptors (Lipinski definition) is 6. The van der Waals surface area contributed by atoms with Gasteiger partial charge in [-0.25, -0.2) is 0 Å². The summed E-state index contributed by atoms with van der Waals surface area (Å²) in [6, 6.07) is 19.2. The molecule has 4 rings (SSSR count). The molecule has 7 nitrogen and oxygen atoms in total. The Bertz CT molecular complexity index is 932. The maximum Gasteiger partial charge on any atom is 0.237 e. The number of nitrogens with zero attached hydrogens (tertiary/aromatic N) is 2. The Kier molecular flexibility index (Phi) is 10.8. The summed E-state index contributed by atoms with van der Waals surface area (Å²) in [5.74, 6) is 1.01. The number of benzene rings is 2. The van der Waals surface area contributed by atoms with E-state index >= 15 is 0 Å². The molecule has 2 aliphatic rings. The molecular formula is C30H44N4O3. The summed E-state index contributed by atoms with van der Waals surface area (Å²) in [6.07, 6.45) is 4.31. The molecule has 2 aromatic carbocycles. The second-order valence-electron chi connectivity index (χ2n) is 10.3. The topological polar surface area (TPSA) is 66.1 Å². The second kappa shape index (κ2) is 14.5. The monoisotopic (exact) mass is 508 g/mol. The molecule has 1 amide bonds. The van der Waals surface area contributed by atoms with Crippen molar-refractivity contribution in [3.63, 3.8) is 0 Å². The van der Waals surface area contributed by atoms with Crippen molar-refractivity contribution in [2.24, 2.45) is 0 Å². The maximum atomic E-state index is 13.1. The van der Waals surface area contributed by atoms with Crippen LogP contribution in [-0.2, 0) is 22.7 Å². The van der Waals surface area contributed by atoms with Crippen molar-refractivity contribution in [3.8, 4) is 5.75 Å². The van der Waals surface area contributed by atoms with Crippen LogP contribution in [0.15, 0.2) is 54.6 Å². The van der Waals surface area contributed by atoms with E-state index in [-0.39, 0.29) is 11.9 Å². The zero-order valence-corrected chi connectivity index (χ0v) is 22.5. The molecule has 0 spiro atoms. The maximum absolute atomic E-state index is 13.1. The van der Waals surface area contributed by atoms with Gasteiger partial charge in [0.2, 0.25) is 5.91 Å². The third-order valence-corrected chi connectivity index (χ3v) is 7.58. The number of amides is 1. The van der Waals surface area contributed by atoms with Crippen molar-refractivity contribution in [1.29, 1.82) is 0 Å². The Morgan fingerprint density at radius 2 is 1.78 bits per heavy atom. The molecule has 2 N–H and O–H groups in total. The van der Waals surface area contributed by atoms with Crippen molar-refractivity contribution < 1.29 is 14.3 Å². The molecule has 0 radical (unpaired) electrons. The van der Waals surface area contributed by atoms with Crippen LogP contribution in [0.5, 0.6) is 5.75 Å². The average Bonchev–Trinajstić information content (AvgIpc) is 3.37. The number of carbonyl (C=O) groups excluding carboxylic acids is 1. The summed E-state index contributed by atoms with van der Waals surface area (Å²) in [5, 5.41) is 6.82. The highest BCUT2D eigenvalue weighted by Crippen LogP contribution is 2.27. The SMILES string of the molecule is CCCN1CCC(N2C[C@H](NCc3ccc(OCc4ccccc4)cc3)C[C@H]2C(=O)NCCOC)CC1. The van der Waals surface area contributed by atoms with Gasteiger partial charge in [-0.3, -0.25) is 9.69 Å². The fraction of sp³-hybridized carbons (Fsp3) is 0.567. The highest BCUT2D eigenvalue weighted by atomic mass is 16.5. The van der Waals surface area contributed by atoms with Gasteiger partial charge in [0.1, 0.15) is 12.4 Å². The van der Waals surface area contributed by atoms with E-state index in [4.69, 9.17) is 9.47 Å². The molecule has 2 fully saturated rings. The molecule has 0 unspecified atom stereocenters. The van der Waals surface area contributed by atoms with Crippen molar-refractivity contribution >= 4 is 5.91 Å². The van der Waals surface area contributed by atoms with Crippen LogP contribution < -0.4 is 15.4 Å². The molecule has 37 heavy (non-hydrogen) atoms. The lowest BCUT2D eigenvalue weighted by atomic mass is 10.0. The van der Waals surface area contributed by atoms with Gasteiger partial charge in [-0.1, -0.05) is 49.4 Å². The Hall–Kier alpha value is -2.45. The molecule has 7 heteroatoms. The van der Waals surface area contributed by atoms with Crippen LogP contribution in [0, 0.1) is 0 Å². The summed E-state index contributed by atoms with van der Waals surface area (Å²) in [6.45, 7) is 9.05. The first kappa shape index (κ1) is 27.6. The Morgan fingerprint density at radius 1 is 1.03 bits per heavy atom. The van der Waals surface area contributed by atoms with Gasteiger partial charge in [0, 0.05) is 38.8 Å². The van der Waals surface area contributed by atoms with Crippen molar-refractivity contribution in [1.82, 2.24) is 20.4 Å². The molecule has 0 aliphatic carbocycles. The first-order valence-electron chi connectivity index (χ1n) is 13.9. The van der Waals surface area contributed by atoms with Gasteiger partial charge in [-0.15, -0.1) is 0 Å². The van der Waals surface area contributed by atoms with Crippen LogP contribution in [0.25, 0.3) is 0 Å². The van der Waals surface area contributed by atoms with Crippen LogP contribution in [0.1, 0.15) is 43.7 Å². The number of carbonyl (C=O) groups is 1. The third kappa shape index (κ3) is 8.27. The van der Waals surface area contributed by atoms with Crippen LogP contribution in [0.2, 0.25) is 0 Å². The molecule has 2 atom stereocenters. The highest BCUT2D eigenvalue weighted by molar-refractivity contribution is 5.82. The van der Waals surface area contributed by atoms with Gasteiger partial charge < -0.3 is 25.0 Å².